The Kier molecular flexibility index (Phi) is 2.87. The zero-order valence-electron chi connectivity index (χ0n) is 9.25. The smallest absolute Gasteiger partial charge is 0.340 e. The second kappa shape index (κ2) is 4.33. The summed E-state index contributed by atoms with van der Waals surface area (Å²) in [5.74, 6) is -2.21. The Morgan fingerprint density at radius 3 is 2.53 bits per heavy atom. The predicted octanol–water partition coefficient (Wildman–Crippen LogP) is 1.78. The summed E-state index contributed by atoms with van der Waals surface area (Å²) in [7, 11) is 0. The molecule has 0 saturated carbocycles. The molecular weight excluding hydrogens is 218 g/mol. The summed E-state index contributed by atoms with van der Waals surface area (Å²) in [6.07, 6.45) is 1.12. The van der Waals surface area contributed by atoms with E-state index in [2.05, 4.69) is 4.99 Å². The Morgan fingerprint density at radius 1 is 1.29 bits per heavy atom. The Balaban J connectivity index is 2.44. The number of Topliss-reactive ketones (excluding diaryl/α,β-unsaturated/α-hetero) is 1. The molecule has 0 saturated heterocycles. The predicted molar refractivity (Wildman–Crippen MR) is 63.0 cm³/mol. The lowest BCUT2D eigenvalue weighted by Crippen LogP contribution is -2.27. The van der Waals surface area contributed by atoms with Gasteiger partial charge in [-0.05, 0) is 12.5 Å². The Labute approximate surface area is 98.3 Å². The molecule has 4 heteroatoms. The average molecular weight is 229 g/mol. The molecule has 1 aromatic carbocycles. The van der Waals surface area contributed by atoms with Crippen LogP contribution in [0.25, 0.3) is 0 Å². The monoisotopic (exact) mass is 229 g/mol. The van der Waals surface area contributed by atoms with Gasteiger partial charge in [0.05, 0.1) is 5.92 Å². The van der Waals surface area contributed by atoms with E-state index in [0.29, 0.717) is 5.71 Å². The minimum absolute atomic E-state index is 0.260. The molecule has 86 valence electrons. The highest BCUT2D eigenvalue weighted by atomic mass is 16.4. The average Bonchev–Trinajstić information content (AvgIpc) is 2.30. The molecule has 0 spiro atoms. The Morgan fingerprint density at radius 2 is 1.94 bits per heavy atom. The van der Waals surface area contributed by atoms with Gasteiger partial charge in [0.2, 0.25) is 0 Å². The first-order valence-electron chi connectivity index (χ1n) is 5.18. The summed E-state index contributed by atoms with van der Waals surface area (Å²) in [6.45, 7) is 1.73. The summed E-state index contributed by atoms with van der Waals surface area (Å²) < 4.78 is 0. The minimum atomic E-state index is -1.23. The van der Waals surface area contributed by atoms with Crippen LogP contribution in [-0.4, -0.2) is 22.6 Å². The Hall–Kier alpha value is -2.23. The molecular formula is C13H11NO3. The van der Waals surface area contributed by atoms with E-state index in [-0.39, 0.29) is 5.57 Å². The number of carboxylic acid groups (broad SMARTS) is 1. The number of nitrogens with zero attached hydrogens (tertiary/aromatic N) is 1. The van der Waals surface area contributed by atoms with Crippen LogP contribution in [0.3, 0.4) is 0 Å². The lowest BCUT2D eigenvalue weighted by atomic mass is 9.86. The molecule has 4 nitrogen and oxygen atoms in total. The summed E-state index contributed by atoms with van der Waals surface area (Å²) >= 11 is 0. The van der Waals surface area contributed by atoms with Gasteiger partial charge in [-0.1, -0.05) is 30.3 Å². The number of ketones is 1. The fourth-order valence-electron chi connectivity index (χ4n) is 1.85. The van der Waals surface area contributed by atoms with Crippen molar-refractivity contribution in [2.45, 2.75) is 12.8 Å². The van der Waals surface area contributed by atoms with Crippen LogP contribution in [0.4, 0.5) is 0 Å². The molecule has 0 radical (unpaired) electrons. The van der Waals surface area contributed by atoms with Crippen LogP contribution in [0.1, 0.15) is 18.4 Å². The molecule has 1 aliphatic heterocycles. The first kappa shape index (κ1) is 11.3. The third kappa shape index (κ3) is 2.01. The lowest BCUT2D eigenvalue weighted by Gasteiger charge is -2.19. The lowest BCUT2D eigenvalue weighted by molar-refractivity contribution is -0.134. The van der Waals surface area contributed by atoms with Crippen LogP contribution in [0.15, 0.2) is 47.1 Å². The second-order valence-corrected chi connectivity index (χ2v) is 3.83. The number of carbonyl (C=O) groups is 2. The molecule has 1 atom stereocenters. The van der Waals surface area contributed by atoms with Crippen molar-refractivity contribution in [3.05, 3.63) is 47.7 Å². The zero-order chi connectivity index (χ0) is 12.4. The van der Waals surface area contributed by atoms with Gasteiger partial charge < -0.3 is 5.11 Å². The topological polar surface area (TPSA) is 66.7 Å². The van der Waals surface area contributed by atoms with Crippen LogP contribution in [0.2, 0.25) is 0 Å². The van der Waals surface area contributed by atoms with E-state index < -0.39 is 17.7 Å². The van der Waals surface area contributed by atoms with Crippen molar-refractivity contribution in [3.63, 3.8) is 0 Å². The van der Waals surface area contributed by atoms with Gasteiger partial charge in [0.1, 0.15) is 5.57 Å². The van der Waals surface area contributed by atoms with Gasteiger partial charge in [-0.15, -0.1) is 0 Å². The number of hydrogen-bond donors (Lipinski definition) is 1. The van der Waals surface area contributed by atoms with Gasteiger partial charge in [-0.3, -0.25) is 9.79 Å². The number of benzene rings is 1. The van der Waals surface area contributed by atoms with Crippen LogP contribution in [0.5, 0.6) is 0 Å². The maximum atomic E-state index is 12.0. The molecule has 1 unspecified atom stereocenters. The standard InChI is InChI=1S/C13H11NO3/c1-8-11(9-5-3-2-4-6-9)12(15)10(7-14-8)13(16)17/h2-7,11H,1H3,(H,16,17). The second-order valence-electron chi connectivity index (χ2n) is 3.83. The quantitative estimate of drug-likeness (QED) is 0.786. The highest BCUT2D eigenvalue weighted by molar-refractivity contribution is 6.27. The summed E-state index contributed by atoms with van der Waals surface area (Å²) in [6, 6.07) is 9.07. The fraction of sp³-hybridized carbons (Fsp3) is 0.154. The van der Waals surface area contributed by atoms with Crippen LogP contribution >= 0.6 is 0 Å². The maximum Gasteiger partial charge on any atom is 0.340 e. The van der Waals surface area contributed by atoms with Crippen molar-refractivity contribution in [3.8, 4) is 0 Å². The molecule has 0 aromatic heterocycles. The van der Waals surface area contributed by atoms with Gasteiger partial charge >= 0.3 is 5.97 Å². The van der Waals surface area contributed by atoms with Gasteiger partial charge in [0.15, 0.2) is 5.78 Å². The van der Waals surface area contributed by atoms with E-state index in [1.54, 1.807) is 19.1 Å². The van der Waals surface area contributed by atoms with Crippen molar-refractivity contribution in [2.24, 2.45) is 4.99 Å². The van der Waals surface area contributed by atoms with Crippen molar-refractivity contribution < 1.29 is 14.7 Å². The summed E-state index contributed by atoms with van der Waals surface area (Å²) in [5.41, 5.74) is 1.13. The third-order valence-electron chi connectivity index (χ3n) is 2.71. The Bertz CT molecular complexity index is 529. The van der Waals surface area contributed by atoms with Gasteiger partial charge in [0, 0.05) is 11.9 Å². The molecule has 1 aliphatic rings. The van der Waals surface area contributed by atoms with E-state index in [9.17, 15) is 9.59 Å². The van der Waals surface area contributed by atoms with Gasteiger partial charge in [-0.2, -0.15) is 0 Å². The van der Waals surface area contributed by atoms with Gasteiger partial charge in [-0.25, -0.2) is 4.79 Å². The van der Waals surface area contributed by atoms with Crippen molar-refractivity contribution >= 4 is 17.5 Å². The van der Waals surface area contributed by atoms with Crippen molar-refractivity contribution in [1.29, 1.82) is 0 Å². The highest BCUT2D eigenvalue weighted by Gasteiger charge is 2.32. The first-order chi connectivity index (χ1) is 8.11. The largest absolute Gasteiger partial charge is 0.478 e. The first-order valence-corrected chi connectivity index (χ1v) is 5.18. The maximum absolute atomic E-state index is 12.0. The van der Waals surface area contributed by atoms with Crippen LogP contribution < -0.4 is 0 Å². The molecule has 0 aliphatic carbocycles. The van der Waals surface area contributed by atoms with E-state index in [1.807, 2.05) is 18.2 Å². The SMILES string of the molecule is CC1=NC=C(C(=O)O)C(=O)C1c1ccccc1. The number of rotatable bonds is 2. The molecule has 0 bridgehead atoms. The van der Waals surface area contributed by atoms with E-state index in [4.69, 9.17) is 5.11 Å². The van der Waals surface area contributed by atoms with Crippen LogP contribution in [0, 0.1) is 0 Å². The number of aliphatic carboxylic acids is 1. The number of hydrogen-bond acceptors (Lipinski definition) is 3. The highest BCUT2D eigenvalue weighted by Crippen LogP contribution is 2.25. The summed E-state index contributed by atoms with van der Waals surface area (Å²) in [5, 5.41) is 8.90. The number of aliphatic imine (C=N–C) groups is 1. The molecule has 1 N–H and O–H groups in total. The number of carbonyl (C=O) groups excluding carboxylic acids is 1. The van der Waals surface area contributed by atoms with E-state index >= 15 is 0 Å². The molecule has 17 heavy (non-hydrogen) atoms. The van der Waals surface area contributed by atoms with Crippen molar-refractivity contribution in [2.75, 3.05) is 0 Å². The molecule has 2 rings (SSSR count). The molecule has 0 amide bonds. The zero-order valence-corrected chi connectivity index (χ0v) is 9.25. The molecule has 1 heterocycles. The van der Waals surface area contributed by atoms with E-state index in [1.165, 1.54) is 0 Å². The van der Waals surface area contributed by atoms with Crippen LogP contribution in [-0.2, 0) is 9.59 Å². The summed E-state index contributed by atoms with van der Waals surface area (Å²) in [4.78, 5) is 26.9. The number of carboxylic acids is 1. The van der Waals surface area contributed by atoms with Gasteiger partial charge in [0.25, 0.3) is 0 Å². The minimum Gasteiger partial charge on any atom is -0.478 e. The molecule has 0 fully saturated rings. The molecule has 1 aromatic rings. The van der Waals surface area contributed by atoms with E-state index in [0.717, 1.165) is 11.8 Å². The fourth-order valence-corrected chi connectivity index (χ4v) is 1.85. The van der Waals surface area contributed by atoms with Crippen molar-refractivity contribution in [1.82, 2.24) is 0 Å². The normalized spacial score (nSPS) is 19.6. The third-order valence-corrected chi connectivity index (χ3v) is 2.71.